The van der Waals surface area contributed by atoms with Gasteiger partial charge in [-0.15, -0.1) is 0 Å². The molecule has 0 radical (unpaired) electrons. The highest BCUT2D eigenvalue weighted by Crippen LogP contribution is 2.61. The van der Waals surface area contributed by atoms with Crippen LogP contribution in [0.1, 0.15) is 45.2 Å². The van der Waals surface area contributed by atoms with Crippen LogP contribution in [-0.2, 0) is 9.59 Å². The topological polar surface area (TPSA) is 37.4 Å². The van der Waals surface area contributed by atoms with Gasteiger partial charge in [-0.3, -0.25) is 9.59 Å². The average molecular weight is 379 g/mol. The van der Waals surface area contributed by atoms with Crippen molar-refractivity contribution in [3.05, 3.63) is 100 Å². The molecule has 2 atom stereocenters. The van der Waals surface area contributed by atoms with Crippen LogP contribution in [0.25, 0.3) is 0 Å². The molecule has 1 heterocycles. The number of nitrogens with zero attached hydrogens (tertiary/aromatic N) is 1. The van der Waals surface area contributed by atoms with Crippen molar-refractivity contribution in [2.45, 2.75) is 25.7 Å². The molecule has 3 aliphatic carbocycles. The Labute approximate surface area is 170 Å². The molecule has 3 heteroatoms. The third-order valence-corrected chi connectivity index (χ3v) is 7.04. The highest BCUT2D eigenvalue weighted by molar-refractivity contribution is 6.23. The number of carbonyl (C=O) groups excluding carboxylic acids is 2. The lowest BCUT2D eigenvalue weighted by Crippen LogP contribution is -2.41. The lowest BCUT2D eigenvalue weighted by molar-refractivity contribution is -0.122. The van der Waals surface area contributed by atoms with Crippen molar-refractivity contribution in [3.63, 3.8) is 0 Å². The monoisotopic (exact) mass is 379 g/mol. The van der Waals surface area contributed by atoms with Crippen LogP contribution < -0.4 is 4.90 Å². The van der Waals surface area contributed by atoms with E-state index in [0.29, 0.717) is 0 Å². The van der Waals surface area contributed by atoms with Crippen molar-refractivity contribution >= 4 is 17.5 Å². The summed E-state index contributed by atoms with van der Waals surface area (Å²) in [6, 6.07) is 22.6. The Hall–Kier alpha value is -3.20. The fourth-order valence-corrected chi connectivity index (χ4v) is 5.97. The third kappa shape index (κ3) is 2.02. The molecule has 0 saturated carbocycles. The van der Waals surface area contributed by atoms with Gasteiger partial charge >= 0.3 is 0 Å². The minimum absolute atomic E-state index is 0.0500. The zero-order valence-electron chi connectivity index (χ0n) is 16.4. The zero-order chi connectivity index (χ0) is 19.9. The molecule has 2 amide bonds. The Morgan fingerprint density at radius 2 is 1.10 bits per heavy atom. The van der Waals surface area contributed by atoms with Gasteiger partial charge in [0.05, 0.1) is 17.5 Å². The maximum Gasteiger partial charge on any atom is 0.238 e. The van der Waals surface area contributed by atoms with Gasteiger partial charge in [-0.2, -0.15) is 0 Å². The van der Waals surface area contributed by atoms with Gasteiger partial charge in [-0.1, -0.05) is 66.2 Å². The number of aryl methyl sites for hydroxylation is 2. The molecule has 3 aromatic rings. The molecule has 1 fully saturated rings. The lowest BCUT2D eigenvalue weighted by atomic mass is 9.55. The molecule has 3 nitrogen and oxygen atoms in total. The molecule has 1 saturated heterocycles. The number of hydrogen-bond donors (Lipinski definition) is 0. The van der Waals surface area contributed by atoms with Crippen LogP contribution in [0.5, 0.6) is 0 Å². The van der Waals surface area contributed by atoms with Gasteiger partial charge in [0, 0.05) is 11.8 Å². The first-order valence-corrected chi connectivity index (χ1v) is 10.2. The van der Waals surface area contributed by atoms with Crippen LogP contribution in [0.2, 0.25) is 0 Å². The van der Waals surface area contributed by atoms with Crippen LogP contribution in [0, 0.1) is 25.7 Å². The second-order valence-electron chi connectivity index (χ2n) is 8.57. The molecule has 2 bridgehead atoms. The number of carbonyl (C=O) groups is 2. The predicted molar refractivity (Wildman–Crippen MR) is 112 cm³/mol. The molecule has 142 valence electrons. The number of anilines is 1. The molecule has 29 heavy (non-hydrogen) atoms. The van der Waals surface area contributed by atoms with Crippen molar-refractivity contribution in [1.82, 2.24) is 0 Å². The maximum atomic E-state index is 13.7. The van der Waals surface area contributed by atoms with E-state index in [1.165, 1.54) is 27.2 Å². The molecule has 0 unspecified atom stereocenters. The first kappa shape index (κ1) is 16.7. The van der Waals surface area contributed by atoms with Crippen LogP contribution >= 0.6 is 0 Å². The largest absolute Gasteiger partial charge is 0.274 e. The molecule has 1 aliphatic heterocycles. The van der Waals surface area contributed by atoms with Gasteiger partial charge in [-0.25, -0.2) is 4.90 Å². The van der Waals surface area contributed by atoms with Crippen LogP contribution in [-0.4, -0.2) is 11.8 Å². The van der Waals surface area contributed by atoms with Gasteiger partial charge < -0.3 is 0 Å². The SMILES string of the molecule is Cc1ccc(N2C(=O)[C@@H]3C4c5ccccc5C(c5ccccc54)[C@@H]3C2=O)c(C)c1. The number of amides is 2. The van der Waals surface area contributed by atoms with E-state index in [0.717, 1.165) is 16.8 Å². The molecule has 0 N–H and O–H groups in total. The Morgan fingerprint density at radius 3 is 1.52 bits per heavy atom. The Bertz CT molecular complexity index is 1100. The summed E-state index contributed by atoms with van der Waals surface area (Å²) in [5.74, 6) is -0.845. The van der Waals surface area contributed by atoms with Crippen molar-refractivity contribution in [2.24, 2.45) is 11.8 Å². The van der Waals surface area contributed by atoms with Gasteiger partial charge in [-0.05, 0) is 47.7 Å². The normalized spacial score (nSPS) is 26.3. The number of benzene rings is 3. The molecule has 7 rings (SSSR count). The van der Waals surface area contributed by atoms with Crippen molar-refractivity contribution in [2.75, 3.05) is 4.90 Å². The Kier molecular flexibility index (Phi) is 3.27. The third-order valence-electron chi connectivity index (χ3n) is 7.04. The molecule has 0 spiro atoms. The molecular weight excluding hydrogens is 358 g/mol. The number of rotatable bonds is 1. The average Bonchev–Trinajstić information content (AvgIpc) is 2.99. The minimum Gasteiger partial charge on any atom is -0.274 e. The van der Waals surface area contributed by atoms with E-state index in [-0.39, 0.29) is 35.5 Å². The first-order valence-electron chi connectivity index (χ1n) is 10.2. The van der Waals surface area contributed by atoms with Gasteiger partial charge in [0.15, 0.2) is 0 Å². The van der Waals surface area contributed by atoms with E-state index < -0.39 is 0 Å². The summed E-state index contributed by atoms with van der Waals surface area (Å²) in [6.45, 7) is 4.00. The van der Waals surface area contributed by atoms with E-state index in [2.05, 4.69) is 24.3 Å². The summed E-state index contributed by atoms with van der Waals surface area (Å²) >= 11 is 0. The van der Waals surface area contributed by atoms with Crippen molar-refractivity contribution < 1.29 is 9.59 Å². The Morgan fingerprint density at radius 1 is 0.655 bits per heavy atom. The zero-order valence-corrected chi connectivity index (χ0v) is 16.4. The van der Waals surface area contributed by atoms with E-state index in [9.17, 15) is 9.59 Å². The van der Waals surface area contributed by atoms with Crippen molar-refractivity contribution in [1.29, 1.82) is 0 Å². The summed E-state index contributed by atoms with van der Waals surface area (Å²) in [6.07, 6.45) is 0. The summed E-state index contributed by atoms with van der Waals surface area (Å²) in [4.78, 5) is 28.9. The predicted octanol–water partition coefficient (Wildman–Crippen LogP) is 4.70. The molecular formula is C26H21NO2. The van der Waals surface area contributed by atoms with E-state index in [1.54, 1.807) is 0 Å². The van der Waals surface area contributed by atoms with Crippen molar-refractivity contribution in [3.8, 4) is 0 Å². The second kappa shape index (κ2) is 5.66. The smallest absolute Gasteiger partial charge is 0.238 e. The van der Waals surface area contributed by atoms with E-state index in [4.69, 9.17) is 0 Å². The number of hydrogen-bond acceptors (Lipinski definition) is 2. The second-order valence-corrected chi connectivity index (χ2v) is 8.57. The summed E-state index contributed by atoms with van der Waals surface area (Å²) in [5.41, 5.74) is 7.66. The van der Waals surface area contributed by atoms with Gasteiger partial charge in [0.25, 0.3) is 0 Å². The van der Waals surface area contributed by atoms with Crippen LogP contribution in [0.3, 0.4) is 0 Å². The quantitative estimate of drug-likeness (QED) is 0.575. The van der Waals surface area contributed by atoms with E-state index >= 15 is 0 Å². The highest BCUT2D eigenvalue weighted by atomic mass is 16.2. The first-order chi connectivity index (χ1) is 14.1. The van der Waals surface area contributed by atoms with Gasteiger partial charge in [0.2, 0.25) is 11.8 Å². The summed E-state index contributed by atoms with van der Waals surface area (Å²) < 4.78 is 0. The Balaban J connectivity index is 1.57. The summed E-state index contributed by atoms with van der Waals surface area (Å²) in [7, 11) is 0. The fraction of sp³-hybridized carbons (Fsp3) is 0.231. The van der Waals surface area contributed by atoms with Gasteiger partial charge in [0.1, 0.15) is 0 Å². The maximum absolute atomic E-state index is 13.7. The fourth-order valence-electron chi connectivity index (χ4n) is 5.97. The molecule has 3 aromatic carbocycles. The van der Waals surface area contributed by atoms with Crippen LogP contribution in [0.15, 0.2) is 66.7 Å². The van der Waals surface area contributed by atoms with E-state index in [1.807, 2.05) is 56.3 Å². The standard InChI is InChI=1S/C26H21NO2/c1-14-11-12-20(15(2)13-14)27-25(28)23-21-16-7-3-4-8-17(16)22(24(23)26(27)29)19-10-6-5-9-18(19)21/h3-13,21-24H,1-2H3/t21?,22?,23-,24+. The minimum atomic E-state index is -0.321. The molecule has 0 aromatic heterocycles. The van der Waals surface area contributed by atoms with Crippen LogP contribution in [0.4, 0.5) is 5.69 Å². The highest BCUT2D eigenvalue weighted by Gasteiger charge is 2.61. The summed E-state index contributed by atoms with van der Waals surface area (Å²) in [5, 5.41) is 0. The number of imide groups is 1. The molecule has 4 aliphatic rings. The lowest BCUT2D eigenvalue weighted by Gasteiger charge is -2.45.